The molecule has 1 unspecified atom stereocenters. The number of nitrogens with one attached hydrogen (secondary N) is 1. The molecule has 1 saturated heterocycles. The highest BCUT2D eigenvalue weighted by Gasteiger charge is 2.24. The molecule has 1 saturated carbocycles. The molecule has 0 radical (unpaired) electrons. The summed E-state index contributed by atoms with van der Waals surface area (Å²) in [5.41, 5.74) is 0. The molecule has 2 fully saturated rings. The van der Waals surface area contributed by atoms with Crippen molar-refractivity contribution < 1.29 is 0 Å². The molecule has 0 amide bonds. The molecule has 3 nitrogen and oxygen atoms in total. The Labute approximate surface area is 119 Å². The number of hydrogen-bond donors (Lipinski definition) is 1. The quantitative estimate of drug-likeness (QED) is 0.824. The lowest BCUT2D eigenvalue weighted by atomic mass is 9.83. The van der Waals surface area contributed by atoms with Crippen molar-refractivity contribution in [1.29, 1.82) is 0 Å². The Bertz CT molecular complexity index is 248. The predicted molar refractivity (Wildman–Crippen MR) is 82.6 cm³/mol. The summed E-state index contributed by atoms with van der Waals surface area (Å²) in [6.45, 7) is 7.14. The highest BCUT2D eigenvalue weighted by atomic mass is 15.3. The second kappa shape index (κ2) is 7.61. The standard InChI is InChI=1S/C16H33N3/c1-4-5-14-6-8-15(9-7-14)17-12-16-13-18(2)10-11-19(16)3/h14-17H,4-13H2,1-3H3. The van der Waals surface area contributed by atoms with Gasteiger partial charge in [0.15, 0.2) is 0 Å². The van der Waals surface area contributed by atoms with Crippen LogP contribution < -0.4 is 5.32 Å². The zero-order valence-electron chi connectivity index (χ0n) is 13.2. The van der Waals surface area contributed by atoms with Crippen LogP contribution >= 0.6 is 0 Å². The number of nitrogens with zero attached hydrogens (tertiary/aromatic N) is 2. The van der Waals surface area contributed by atoms with E-state index in [1.807, 2.05) is 0 Å². The molecule has 1 aliphatic heterocycles. The molecule has 1 N–H and O–H groups in total. The number of hydrogen-bond acceptors (Lipinski definition) is 3. The zero-order chi connectivity index (χ0) is 13.7. The van der Waals surface area contributed by atoms with Gasteiger partial charge in [-0.2, -0.15) is 0 Å². The maximum Gasteiger partial charge on any atom is 0.0345 e. The van der Waals surface area contributed by atoms with E-state index in [2.05, 4.69) is 36.1 Å². The van der Waals surface area contributed by atoms with E-state index in [-0.39, 0.29) is 0 Å². The minimum atomic E-state index is 0.701. The predicted octanol–water partition coefficient (Wildman–Crippen LogP) is 2.18. The maximum absolute atomic E-state index is 3.84. The van der Waals surface area contributed by atoms with E-state index in [1.54, 1.807) is 0 Å². The molecular formula is C16H33N3. The second-order valence-corrected chi connectivity index (χ2v) is 6.81. The fraction of sp³-hybridized carbons (Fsp3) is 1.00. The van der Waals surface area contributed by atoms with Gasteiger partial charge in [0.25, 0.3) is 0 Å². The molecular weight excluding hydrogens is 234 g/mol. The van der Waals surface area contributed by atoms with Crippen LogP contribution in [0, 0.1) is 5.92 Å². The molecule has 2 aliphatic rings. The lowest BCUT2D eigenvalue weighted by molar-refractivity contribution is 0.109. The smallest absolute Gasteiger partial charge is 0.0345 e. The minimum absolute atomic E-state index is 0.701. The third kappa shape index (κ3) is 4.73. The molecule has 2 rings (SSSR count). The fourth-order valence-corrected chi connectivity index (χ4v) is 3.69. The van der Waals surface area contributed by atoms with Gasteiger partial charge in [0, 0.05) is 38.3 Å². The van der Waals surface area contributed by atoms with E-state index in [9.17, 15) is 0 Å². The van der Waals surface area contributed by atoms with Gasteiger partial charge < -0.3 is 10.2 Å². The van der Waals surface area contributed by atoms with Gasteiger partial charge in [0.2, 0.25) is 0 Å². The van der Waals surface area contributed by atoms with Crippen molar-refractivity contribution in [3.8, 4) is 0 Å². The molecule has 1 heterocycles. The molecule has 0 spiro atoms. The average Bonchev–Trinajstić information content (AvgIpc) is 2.42. The Morgan fingerprint density at radius 3 is 2.47 bits per heavy atom. The van der Waals surface area contributed by atoms with Crippen molar-refractivity contribution in [3.05, 3.63) is 0 Å². The Morgan fingerprint density at radius 1 is 1.05 bits per heavy atom. The summed E-state index contributed by atoms with van der Waals surface area (Å²) in [4.78, 5) is 4.99. The van der Waals surface area contributed by atoms with Gasteiger partial charge in [0.05, 0.1) is 0 Å². The largest absolute Gasteiger partial charge is 0.312 e. The van der Waals surface area contributed by atoms with Crippen molar-refractivity contribution in [2.75, 3.05) is 40.3 Å². The molecule has 0 aromatic heterocycles. The summed E-state index contributed by atoms with van der Waals surface area (Å²) >= 11 is 0. The van der Waals surface area contributed by atoms with E-state index in [1.165, 1.54) is 64.7 Å². The summed E-state index contributed by atoms with van der Waals surface area (Å²) in [7, 11) is 4.52. The third-order valence-electron chi connectivity index (χ3n) is 5.17. The maximum atomic E-state index is 3.84. The topological polar surface area (TPSA) is 18.5 Å². The summed E-state index contributed by atoms with van der Waals surface area (Å²) < 4.78 is 0. The molecule has 0 bridgehead atoms. The van der Waals surface area contributed by atoms with Crippen LogP contribution in [0.4, 0.5) is 0 Å². The van der Waals surface area contributed by atoms with E-state index in [0.29, 0.717) is 6.04 Å². The Morgan fingerprint density at radius 2 is 1.79 bits per heavy atom. The van der Waals surface area contributed by atoms with Gasteiger partial charge in [-0.25, -0.2) is 0 Å². The van der Waals surface area contributed by atoms with Crippen LogP contribution in [0.2, 0.25) is 0 Å². The van der Waals surface area contributed by atoms with Crippen LogP contribution in [0.3, 0.4) is 0 Å². The molecule has 0 aromatic rings. The Kier molecular flexibility index (Phi) is 6.11. The van der Waals surface area contributed by atoms with Gasteiger partial charge in [-0.15, -0.1) is 0 Å². The van der Waals surface area contributed by atoms with Crippen LogP contribution in [0.25, 0.3) is 0 Å². The molecule has 1 atom stereocenters. The highest BCUT2D eigenvalue weighted by Crippen LogP contribution is 2.27. The number of likely N-dealkylation sites (N-methyl/N-ethyl adjacent to an activating group) is 2. The van der Waals surface area contributed by atoms with Gasteiger partial charge in [-0.1, -0.05) is 19.8 Å². The second-order valence-electron chi connectivity index (χ2n) is 6.81. The summed E-state index contributed by atoms with van der Waals surface area (Å²) in [5, 5.41) is 3.84. The van der Waals surface area contributed by atoms with E-state index in [0.717, 1.165) is 12.0 Å². The van der Waals surface area contributed by atoms with Crippen molar-refractivity contribution in [2.45, 2.75) is 57.5 Å². The van der Waals surface area contributed by atoms with Crippen LogP contribution in [0.5, 0.6) is 0 Å². The van der Waals surface area contributed by atoms with Crippen LogP contribution in [0.1, 0.15) is 45.4 Å². The van der Waals surface area contributed by atoms with E-state index < -0.39 is 0 Å². The average molecular weight is 267 g/mol. The summed E-state index contributed by atoms with van der Waals surface area (Å²) in [6.07, 6.45) is 8.51. The Balaban J connectivity index is 1.65. The van der Waals surface area contributed by atoms with Crippen molar-refractivity contribution in [3.63, 3.8) is 0 Å². The first-order valence-corrected chi connectivity index (χ1v) is 8.31. The van der Waals surface area contributed by atoms with Crippen molar-refractivity contribution >= 4 is 0 Å². The summed E-state index contributed by atoms with van der Waals surface area (Å²) in [6, 6.07) is 1.49. The molecule has 19 heavy (non-hydrogen) atoms. The van der Waals surface area contributed by atoms with Crippen molar-refractivity contribution in [2.24, 2.45) is 5.92 Å². The lowest BCUT2D eigenvalue weighted by Crippen LogP contribution is -2.55. The molecule has 0 aromatic carbocycles. The monoisotopic (exact) mass is 267 g/mol. The normalized spacial score (nSPS) is 34.6. The highest BCUT2D eigenvalue weighted by molar-refractivity contribution is 4.83. The van der Waals surface area contributed by atoms with Gasteiger partial charge >= 0.3 is 0 Å². The first-order chi connectivity index (χ1) is 9.19. The van der Waals surface area contributed by atoms with Crippen LogP contribution in [0.15, 0.2) is 0 Å². The third-order valence-corrected chi connectivity index (χ3v) is 5.17. The van der Waals surface area contributed by atoms with Crippen molar-refractivity contribution in [1.82, 2.24) is 15.1 Å². The minimum Gasteiger partial charge on any atom is -0.312 e. The van der Waals surface area contributed by atoms with E-state index in [4.69, 9.17) is 0 Å². The lowest BCUT2D eigenvalue weighted by Gasteiger charge is -2.39. The summed E-state index contributed by atoms with van der Waals surface area (Å²) in [5.74, 6) is 1.02. The van der Waals surface area contributed by atoms with Crippen LogP contribution in [-0.2, 0) is 0 Å². The van der Waals surface area contributed by atoms with Gasteiger partial charge in [-0.05, 0) is 45.7 Å². The fourth-order valence-electron chi connectivity index (χ4n) is 3.69. The molecule has 3 heteroatoms. The van der Waals surface area contributed by atoms with Crippen LogP contribution in [-0.4, -0.2) is 62.2 Å². The zero-order valence-corrected chi connectivity index (χ0v) is 13.2. The first-order valence-electron chi connectivity index (χ1n) is 8.31. The van der Waals surface area contributed by atoms with Gasteiger partial charge in [-0.3, -0.25) is 4.90 Å². The number of rotatable bonds is 5. The number of piperazine rings is 1. The molecule has 1 aliphatic carbocycles. The van der Waals surface area contributed by atoms with E-state index >= 15 is 0 Å². The van der Waals surface area contributed by atoms with Gasteiger partial charge in [0.1, 0.15) is 0 Å². The SMILES string of the molecule is CCCC1CCC(NCC2CN(C)CCN2C)CC1. The Hall–Kier alpha value is -0.120. The first kappa shape index (κ1) is 15.3. The molecule has 112 valence electrons.